The van der Waals surface area contributed by atoms with E-state index in [1.807, 2.05) is 30.3 Å². The van der Waals surface area contributed by atoms with Gasteiger partial charge in [-0.05, 0) is 30.1 Å². The first kappa shape index (κ1) is 13.1. The van der Waals surface area contributed by atoms with E-state index in [2.05, 4.69) is 9.71 Å². The number of hydrogen-bond acceptors (Lipinski definition) is 3. The molecule has 0 unspecified atom stereocenters. The lowest BCUT2D eigenvalue weighted by Crippen LogP contribution is -2.19. The third kappa shape index (κ3) is 2.51. The summed E-state index contributed by atoms with van der Waals surface area (Å²) in [7, 11) is 0. The number of nitrogens with zero attached hydrogens (tertiary/aromatic N) is 1. The number of aliphatic imine (C=N–C) groups is 1. The summed E-state index contributed by atoms with van der Waals surface area (Å²) in [6, 6.07) is 12.9. The van der Waals surface area contributed by atoms with Gasteiger partial charge >= 0.3 is 6.18 Å². The van der Waals surface area contributed by atoms with Crippen LogP contribution in [0.15, 0.2) is 58.4 Å². The molecule has 3 rings (SSSR count). The second-order valence-corrected chi connectivity index (χ2v) is 5.06. The van der Waals surface area contributed by atoms with Crippen molar-refractivity contribution >= 4 is 23.5 Å². The second kappa shape index (κ2) is 4.86. The molecule has 20 heavy (non-hydrogen) atoms. The van der Waals surface area contributed by atoms with Gasteiger partial charge in [-0.15, -0.1) is 0 Å². The Morgan fingerprint density at radius 3 is 2.45 bits per heavy atom. The van der Waals surface area contributed by atoms with Crippen LogP contribution in [0.3, 0.4) is 0 Å². The van der Waals surface area contributed by atoms with E-state index in [0.29, 0.717) is 16.4 Å². The third-order valence-electron chi connectivity index (χ3n) is 2.82. The Morgan fingerprint density at radius 2 is 1.75 bits per heavy atom. The zero-order chi connectivity index (χ0) is 14.2. The zero-order valence-corrected chi connectivity index (χ0v) is 10.9. The van der Waals surface area contributed by atoms with Crippen molar-refractivity contribution in [3.8, 4) is 0 Å². The molecule has 0 amide bonds. The number of hydrogen-bond donors (Lipinski definition) is 1. The van der Waals surface area contributed by atoms with Crippen molar-refractivity contribution < 1.29 is 13.2 Å². The first-order valence-corrected chi connectivity index (χ1v) is 6.64. The average Bonchev–Trinajstić information content (AvgIpc) is 2.46. The van der Waals surface area contributed by atoms with Crippen LogP contribution in [0.4, 0.5) is 18.9 Å². The van der Waals surface area contributed by atoms with Crippen molar-refractivity contribution in [1.82, 2.24) is 4.72 Å². The minimum atomic E-state index is -4.35. The van der Waals surface area contributed by atoms with Crippen LogP contribution in [0.25, 0.3) is 0 Å². The Morgan fingerprint density at radius 1 is 1.00 bits per heavy atom. The quantitative estimate of drug-likeness (QED) is 0.789. The number of rotatable bonds is 1. The molecule has 0 spiro atoms. The predicted octanol–water partition coefficient (Wildman–Crippen LogP) is 4.39. The molecule has 0 bridgehead atoms. The summed E-state index contributed by atoms with van der Waals surface area (Å²) in [4.78, 5) is 4.95. The van der Waals surface area contributed by atoms with Gasteiger partial charge in [0.05, 0.1) is 16.1 Å². The van der Waals surface area contributed by atoms with E-state index in [-0.39, 0.29) is 0 Å². The molecule has 1 aliphatic heterocycles. The zero-order valence-electron chi connectivity index (χ0n) is 10.1. The summed E-state index contributed by atoms with van der Waals surface area (Å²) in [5.74, 6) is 0.558. The van der Waals surface area contributed by atoms with Crippen molar-refractivity contribution in [2.24, 2.45) is 4.99 Å². The maximum Gasteiger partial charge on any atom is 0.416 e. The van der Waals surface area contributed by atoms with Gasteiger partial charge in [0.2, 0.25) is 0 Å². The molecule has 6 heteroatoms. The molecule has 1 heterocycles. The van der Waals surface area contributed by atoms with Gasteiger partial charge in [-0.2, -0.15) is 13.2 Å². The number of fused-ring (bicyclic) bond motifs is 1. The van der Waals surface area contributed by atoms with Crippen LogP contribution >= 0.6 is 11.9 Å². The number of alkyl halides is 3. The SMILES string of the molecule is FC(F)(F)c1ccc2c(c1)N=C(c1ccccc1)NS2. The van der Waals surface area contributed by atoms with Gasteiger partial charge in [0.1, 0.15) is 5.84 Å². The molecule has 0 aliphatic carbocycles. The number of amidine groups is 1. The summed E-state index contributed by atoms with van der Waals surface area (Å²) in [5, 5.41) is 0. The maximum absolute atomic E-state index is 12.7. The topological polar surface area (TPSA) is 24.4 Å². The molecule has 0 fully saturated rings. The lowest BCUT2D eigenvalue weighted by molar-refractivity contribution is -0.137. The van der Waals surface area contributed by atoms with E-state index < -0.39 is 11.7 Å². The van der Waals surface area contributed by atoms with Crippen molar-refractivity contribution in [2.45, 2.75) is 11.1 Å². The molecule has 2 nitrogen and oxygen atoms in total. The van der Waals surface area contributed by atoms with Crippen molar-refractivity contribution in [2.75, 3.05) is 0 Å². The fourth-order valence-electron chi connectivity index (χ4n) is 1.83. The first-order valence-electron chi connectivity index (χ1n) is 5.82. The van der Waals surface area contributed by atoms with Crippen LogP contribution in [0.2, 0.25) is 0 Å². The molecule has 0 radical (unpaired) electrons. The van der Waals surface area contributed by atoms with Gasteiger partial charge in [0.25, 0.3) is 0 Å². The fraction of sp³-hybridized carbons (Fsp3) is 0.0714. The van der Waals surface area contributed by atoms with Crippen LogP contribution < -0.4 is 4.72 Å². The lowest BCUT2D eigenvalue weighted by atomic mass is 10.2. The molecule has 1 N–H and O–H groups in total. The van der Waals surface area contributed by atoms with Gasteiger partial charge in [-0.1, -0.05) is 30.3 Å². The van der Waals surface area contributed by atoms with Gasteiger partial charge in [0.15, 0.2) is 0 Å². The third-order valence-corrected chi connectivity index (χ3v) is 3.68. The summed E-state index contributed by atoms with van der Waals surface area (Å²) in [5.41, 5.74) is 0.486. The minimum Gasteiger partial charge on any atom is -0.310 e. The van der Waals surface area contributed by atoms with E-state index in [9.17, 15) is 13.2 Å². The highest BCUT2D eigenvalue weighted by Crippen LogP contribution is 2.38. The summed E-state index contributed by atoms with van der Waals surface area (Å²) >= 11 is 1.26. The molecule has 2 aromatic rings. The molecule has 0 saturated heterocycles. The highest BCUT2D eigenvalue weighted by molar-refractivity contribution is 7.98. The smallest absolute Gasteiger partial charge is 0.310 e. The Labute approximate surface area is 117 Å². The van der Waals surface area contributed by atoms with E-state index >= 15 is 0 Å². The van der Waals surface area contributed by atoms with Crippen LogP contribution in [0.1, 0.15) is 11.1 Å². The van der Waals surface area contributed by atoms with Gasteiger partial charge in [-0.3, -0.25) is 0 Å². The van der Waals surface area contributed by atoms with Crippen LogP contribution in [-0.2, 0) is 6.18 Å². The van der Waals surface area contributed by atoms with Gasteiger partial charge in [0, 0.05) is 5.56 Å². The Hall–Kier alpha value is -1.95. The largest absolute Gasteiger partial charge is 0.416 e. The predicted molar refractivity (Wildman–Crippen MR) is 73.1 cm³/mol. The van der Waals surface area contributed by atoms with Crippen molar-refractivity contribution in [1.29, 1.82) is 0 Å². The molecule has 0 aromatic heterocycles. The molecule has 1 aliphatic rings. The van der Waals surface area contributed by atoms with E-state index in [1.54, 1.807) is 0 Å². The highest BCUT2D eigenvalue weighted by atomic mass is 32.2. The molecule has 2 aromatic carbocycles. The maximum atomic E-state index is 12.7. The first-order chi connectivity index (χ1) is 9.54. The number of nitrogens with one attached hydrogen (secondary N) is 1. The lowest BCUT2D eigenvalue weighted by Gasteiger charge is -2.18. The minimum absolute atomic E-state index is 0.336. The molecule has 0 saturated carbocycles. The summed E-state index contributed by atoms with van der Waals surface area (Å²) in [6.07, 6.45) is -4.35. The average molecular weight is 294 g/mol. The Balaban J connectivity index is 2.03. The fourth-order valence-corrected chi connectivity index (χ4v) is 2.55. The Kier molecular flexibility index (Phi) is 3.17. The second-order valence-electron chi connectivity index (χ2n) is 4.21. The molecular formula is C14H9F3N2S. The van der Waals surface area contributed by atoms with Crippen molar-refractivity contribution in [3.05, 3.63) is 59.7 Å². The van der Waals surface area contributed by atoms with E-state index in [0.717, 1.165) is 17.7 Å². The van der Waals surface area contributed by atoms with Crippen LogP contribution in [0, 0.1) is 0 Å². The van der Waals surface area contributed by atoms with E-state index in [1.165, 1.54) is 18.0 Å². The van der Waals surface area contributed by atoms with Crippen LogP contribution in [0.5, 0.6) is 0 Å². The normalized spacial score (nSPS) is 14.2. The molecule has 0 atom stereocenters. The van der Waals surface area contributed by atoms with E-state index in [4.69, 9.17) is 0 Å². The van der Waals surface area contributed by atoms with Crippen LogP contribution in [-0.4, -0.2) is 5.84 Å². The standard InChI is InChI=1S/C14H9F3N2S/c15-14(16,17)10-6-7-12-11(8-10)18-13(19-20-12)9-4-2-1-3-5-9/h1-8H,(H,18,19). The van der Waals surface area contributed by atoms with Crippen molar-refractivity contribution in [3.63, 3.8) is 0 Å². The monoisotopic (exact) mass is 294 g/mol. The molecule has 102 valence electrons. The number of benzene rings is 2. The Bertz CT molecular complexity index is 666. The number of halogens is 3. The van der Waals surface area contributed by atoms with Gasteiger partial charge in [-0.25, -0.2) is 4.99 Å². The van der Waals surface area contributed by atoms with Gasteiger partial charge < -0.3 is 4.72 Å². The highest BCUT2D eigenvalue weighted by Gasteiger charge is 2.31. The summed E-state index contributed by atoms with van der Waals surface area (Å²) in [6.45, 7) is 0. The molecular weight excluding hydrogens is 285 g/mol. The summed E-state index contributed by atoms with van der Waals surface area (Å²) < 4.78 is 41.2.